The Kier molecular flexibility index (Phi) is 5.21. The Balaban J connectivity index is 1.81. The molecule has 7 rings (SSSR count). The van der Waals surface area contributed by atoms with Crippen LogP contribution in [0.2, 0.25) is 0 Å². The zero-order valence-electron chi connectivity index (χ0n) is 22.7. The summed E-state index contributed by atoms with van der Waals surface area (Å²) in [7, 11) is 0. The normalized spacial score (nSPS) is 11.8. The molecule has 9 nitrogen and oxygen atoms in total. The van der Waals surface area contributed by atoms with Crippen molar-refractivity contribution >= 4 is 32.3 Å². The number of fused-ring (bicyclic) bond motifs is 6. The van der Waals surface area contributed by atoms with E-state index in [2.05, 4.69) is 0 Å². The number of hydrogen-bond donors (Lipinski definition) is 0. The van der Waals surface area contributed by atoms with Crippen LogP contribution in [0.4, 0.5) is 0 Å². The number of rotatable bonds is 3. The third-order valence-electron chi connectivity index (χ3n) is 7.78. The van der Waals surface area contributed by atoms with Crippen LogP contribution in [0.25, 0.3) is 49.4 Å². The summed E-state index contributed by atoms with van der Waals surface area (Å²) in [4.78, 5) is 84.2. The summed E-state index contributed by atoms with van der Waals surface area (Å²) in [6.07, 6.45) is 0. The Labute approximate surface area is 235 Å². The first-order chi connectivity index (χ1) is 20.1. The molecular formula is C33H21N3O6. The molecule has 0 radical (unpaired) electrons. The van der Waals surface area contributed by atoms with Crippen LogP contribution in [0.15, 0.2) is 102 Å². The average molecular weight is 556 g/mol. The van der Waals surface area contributed by atoms with Crippen molar-refractivity contribution in [3.63, 3.8) is 0 Å². The van der Waals surface area contributed by atoms with Crippen molar-refractivity contribution < 1.29 is 0 Å². The molecule has 0 aliphatic carbocycles. The van der Waals surface area contributed by atoms with Gasteiger partial charge in [-0.3, -0.25) is 28.8 Å². The summed E-state index contributed by atoms with van der Waals surface area (Å²) in [6.45, 7) is 5.38. The summed E-state index contributed by atoms with van der Waals surface area (Å²) < 4.78 is 2.66. The van der Waals surface area contributed by atoms with E-state index in [0.29, 0.717) is 0 Å². The standard InChI is InChI=1S/C33H21N3O6/c1-16-7-4-10-19(13-16)34-28(37)22-23(29(34)38)25-27(33(42)36(31(25)40)21-12-6-9-18(3)15-21)26-24(22)30(39)35(32(26)41)20-11-5-8-17(2)14-20/h4-15H,1-3H3. The van der Waals surface area contributed by atoms with Gasteiger partial charge in [-0.1, -0.05) is 36.4 Å². The van der Waals surface area contributed by atoms with Crippen LogP contribution in [-0.4, -0.2) is 13.7 Å². The van der Waals surface area contributed by atoms with Crippen LogP contribution in [0.5, 0.6) is 0 Å². The van der Waals surface area contributed by atoms with E-state index in [0.717, 1.165) is 30.4 Å². The Hall–Kier alpha value is -5.70. The lowest BCUT2D eigenvalue weighted by Crippen LogP contribution is -2.24. The van der Waals surface area contributed by atoms with Crippen molar-refractivity contribution in [2.45, 2.75) is 20.8 Å². The molecule has 4 aromatic carbocycles. The lowest BCUT2D eigenvalue weighted by Gasteiger charge is -2.01. The van der Waals surface area contributed by atoms with Crippen LogP contribution in [0, 0.1) is 20.8 Å². The highest BCUT2D eigenvalue weighted by molar-refractivity contribution is 6.25. The first-order valence-electron chi connectivity index (χ1n) is 13.2. The van der Waals surface area contributed by atoms with E-state index in [4.69, 9.17) is 0 Å². The van der Waals surface area contributed by atoms with Gasteiger partial charge in [-0.25, -0.2) is 13.7 Å². The maximum absolute atomic E-state index is 14.0. The minimum atomic E-state index is -0.846. The van der Waals surface area contributed by atoms with E-state index >= 15 is 0 Å². The molecule has 0 saturated carbocycles. The second-order valence-corrected chi connectivity index (χ2v) is 10.6. The van der Waals surface area contributed by atoms with Gasteiger partial charge in [-0.05, 0) is 73.9 Å². The summed E-state index contributed by atoms with van der Waals surface area (Å²) in [5.41, 5.74) is -2.04. The minimum absolute atomic E-state index is 0.239. The Morgan fingerprint density at radius 2 is 0.571 bits per heavy atom. The van der Waals surface area contributed by atoms with Crippen LogP contribution in [0.3, 0.4) is 0 Å². The molecule has 204 valence electrons. The SMILES string of the molecule is Cc1cccc(-n2c(=O)c3c4c(=O)n(-c5cccc(C)c5)c(=O)c4c4c(=O)n(-c5cccc(C)c5)c(=O)c4c3c2=O)c1. The minimum Gasteiger partial charge on any atom is -0.268 e. The third-order valence-corrected chi connectivity index (χ3v) is 7.78. The quantitative estimate of drug-likeness (QED) is 0.331. The fourth-order valence-corrected chi connectivity index (χ4v) is 5.99. The maximum atomic E-state index is 14.0. The summed E-state index contributed by atoms with van der Waals surface area (Å²) in [5.74, 6) is 0. The zero-order valence-corrected chi connectivity index (χ0v) is 22.7. The Morgan fingerprint density at radius 1 is 0.357 bits per heavy atom. The monoisotopic (exact) mass is 555 g/mol. The molecule has 0 aliphatic rings. The topological polar surface area (TPSA) is 117 Å². The van der Waals surface area contributed by atoms with E-state index in [1.165, 1.54) is 0 Å². The summed E-state index contributed by atoms with van der Waals surface area (Å²) in [5, 5.41) is -2.11. The molecule has 9 heteroatoms. The molecule has 0 fully saturated rings. The number of aromatic nitrogens is 3. The molecule has 0 spiro atoms. The molecule has 3 aromatic heterocycles. The van der Waals surface area contributed by atoms with Crippen molar-refractivity contribution in [1.82, 2.24) is 13.7 Å². The molecular weight excluding hydrogens is 534 g/mol. The van der Waals surface area contributed by atoms with E-state index in [9.17, 15) is 28.8 Å². The van der Waals surface area contributed by atoms with Gasteiger partial charge in [-0.2, -0.15) is 0 Å². The highest BCUT2D eigenvalue weighted by atomic mass is 16.2. The summed E-state index contributed by atoms with van der Waals surface area (Å²) in [6, 6.07) is 20.0. The maximum Gasteiger partial charge on any atom is 0.267 e. The number of aryl methyl sites for hydroxylation is 3. The highest BCUT2D eigenvalue weighted by Gasteiger charge is 2.31. The Bertz CT molecular complexity index is 2200. The van der Waals surface area contributed by atoms with Crippen LogP contribution in [0.1, 0.15) is 16.7 Å². The van der Waals surface area contributed by atoms with Crippen molar-refractivity contribution in [3.05, 3.63) is 152 Å². The fourth-order valence-electron chi connectivity index (χ4n) is 5.99. The highest BCUT2D eigenvalue weighted by Crippen LogP contribution is 2.28. The fraction of sp³-hybridized carbons (Fsp3) is 0.0909. The molecule has 0 N–H and O–H groups in total. The molecule has 3 heterocycles. The van der Waals surface area contributed by atoms with Gasteiger partial charge in [0.2, 0.25) is 0 Å². The smallest absolute Gasteiger partial charge is 0.267 e. The molecule has 7 aromatic rings. The van der Waals surface area contributed by atoms with Crippen molar-refractivity contribution in [2.24, 2.45) is 0 Å². The second-order valence-electron chi connectivity index (χ2n) is 10.6. The Morgan fingerprint density at radius 3 is 0.762 bits per heavy atom. The molecule has 0 unspecified atom stereocenters. The van der Waals surface area contributed by atoms with Crippen LogP contribution in [-0.2, 0) is 0 Å². The lowest BCUT2D eigenvalue weighted by atomic mass is 10.0. The van der Waals surface area contributed by atoms with Gasteiger partial charge in [0, 0.05) is 0 Å². The first-order valence-corrected chi connectivity index (χ1v) is 13.2. The number of hydrogen-bond acceptors (Lipinski definition) is 6. The van der Waals surface area contributed by atoms with Crippen molar-refractivity contribution in [3.8, 4) is 17.1 Å². The van der Waals surface area contributed by atoms with Crippen molar-refractivity contribution in [1.29, 1.82) is 0 Å². The van der Waals surface area contributed by atoms with Crippen molar-refractivity contribution in [2.75, 3.05) is 0 Å². The van der Waals surface area contributed by atoms with Crippen LogP contribution < -0.4 is 33.4 Å². The van der Waals surface area contributed by atoms with E-state index < -0.39 is 33.4 Å². The largest absolute Gasteiger partial charge is 0.268 e. The van der Waals surface area contributed by atoms with Gasteiger partial charge in [0.1, 0.15) is 0 Å². The van der Waals surface area contributed by atoms with Gasteiger partial charge in [0.05, 0.1) is 49.4 Å². The van der Waals surface area contributed by atoms with E-state index in [1.807, 2.05) is 0 Å². The molecule has 0 bridgehead atoms. The van der Waals surface area contributed by atoms with Gasteiger partial charge >= 0.3 is 0 Å². The summed E-state index contributed by atoms with van der Waals surface area (Å²) >= 11 is 0. The van der Waals surface area contributed by atoms with Gasteiger partial charge in [0.25, 0.3) is 33.4 Å². The lowest BCUT2D eigenvalue weighted by molar-refractivity contribution is 0.985. The number of benzene rings is 4. The zero-order chi connectivity index (χ0) is 29.6. The predicted octanol–water partition coefficient (Wildman–Crippen LogP) is 2.92. The first kappa shape index (κ1) is 25.3. The van der Waals surface area contributed by atoms with Gasteiger partial charge in [-0.15, -0.1) is 0 Å². The molecule has 0 aliphatic heterocycles. The van der Waals surface area contributed by atoms with E-state index in [1.54, 1.807) is 93.6 Å². The molecule has 0 atom stereocenters. The average Bonchev–Trinajstić information content (AvgIpc) is 3.47. The third kappa shape index (κ3) is 3.24. The van der Waals surface area contributed by atoms with E-state index in [-0.39, 0.29) is 49.4 Å². The molecule has 42 heavy (non-hydrogen) atoms. The van der Waals surface area contributed by atoms with Crippen LogP contribution >= 0.6 is 0 Å². The predicted molar refractivity (Wildman–Crippen MR) is 162 cm³/mol. The van der Waals surface area contributed by atoms with Gasteiger partial charge < -0.3 is 0 Å². The van der Waals surface area contributed by atoms with Gasteiger partial charge in [0.15, 0.2) is 0 Å². The molecule has 0 amide bonds. The number of nitrogens with zero attached hydrogens (tertiary/aromatic N) is 3. The second kappa shape index (κ2) is 8.65. The molecule has 0 saturated heterocycles.